The average Bonchev–Trinajstić information content (AvgIpc) is 3.27. The Morgan fingerprint density at radius 1 is 1.25 bits per heavy atom. The van der Waals surface area contributed by atoms with Crippen molar-refractivity contribution in [3.05, 3.63) is 26.6 Å². The van der Waals surface area contributed by atoms with Crippen LogP contribution in [0.2, 0.25) is 0 Å². The lowest BCUT2D eigenvalue weighted by Crippen LogP contribution is -2.42. The van der Waals surface area contributed by atoms with Gasteiger partial charge in [0.2, 0.25) is 0 Å². The molecule has 1 fully saturated rings. The molecule has 0 unspecified atom stereocenters. The van der Waals surface area contributed by atoms with E-state index in [9.17, 15) is 14.4 Å². The van der Waals surface area contributed by atoms with Gasteiger partial charge in [0.25, 0.3) is 11.5 Å². The van der Waals surface area contributed by atoms with Crippen molar-refractivity contribution in [1.82, 2.24) is 14.9 Å². The molecule has 0 saturated heterocycles. The van der Waals surface area contributed by atoms with Crippen molar-refractivity contribution in [2.24, 2.45) is 0 Å². The fraction of sp³-hybridized carbons (Fsp3) is 0.600. The van der Waals surface area contributed by atoms with Gasteiger partial charge in [-0.25, -0.2) is 9.78 Å². The van der Waals surface area contributed by atoms with Crippen LogP contribution in [0, 0.1) is 6.92 Å². The molecule has 7 nitrogen and oxygen atoms in total. The van der Waals surface area contributed by atoms with E-state index >= 15 is 0 Å². The van der Waals surface area contributed by atoms with Gasteiger partial charge in [0.05, 0.1) is 5.39 Å². The van der Waals surface area contributed by atoms with Gasteiger partial charge in [-0.2, -0.15) is 0 Å². The second-order valence-corrected chi connectivity index (χ2v) is 8.71. The van der Waals surface area contributed by atoms with Crippen LogP contribution < -0.4 is 10.9 Å². The number of aryl methyl sites for hydroxylation is 2. The van der Waals surface area contributed by atoms with Gasteiger partial charge in [-0.15, -0.1) is 11.3 Å². The number of amides is 1. The maximum absolute atomic E-state index is 12.7. The van der Waals surface area contributed by atoms with Gasteiger partial charge < -0.3 is 10.1 Å². The monoisotopic (exact) mass is 403 g/mol. The molecule has 28 heavy (non-hydrogen) atoms. The van der Waals surface area contributed by atoms with Gasteiger partial charge >= 0.3 is 5.97 Å². The van der Waals surface area contributed by atoms with Crippen LogP contribution in [0.1, 0.15) is 66.5 Å². The number of nitrogens with zero attached hydrogens (tertiary/aromatic N) is 2. The van der Waals surface area contributed by atoms with E-state index in [0.29, 0.717) is 27.2 Å². The molecule has 1 aliphatic carbocycles. The number of hydrogen-bond acceptors (Lipinski definition) is 6. The largest absolute Gasteiger partial charge is 0.448 e. The smallest absolute Gasteiger partial charge is 0.349 e. The summed E-state index contributed by atoms with van der Waals surface area (Å²) in [6.07, 6.45) is 6.21. The van der Waals surface area contributed by atoms with Gasteiger partial charge in [-0.1, -0.05) is 19.3 Å². The predicted octanol–water partition coefficient (Wildman–Crippen LogP) is 2.71. The Morgan fingerprint density at radius 2 is 2.00 bits per heavy atom. The molecule has 4 rings (SSSR count). The average molecular weight is 404 g/mol. The molecule has 1 amide bonds. The van der Waals surface area contributed by atoms with Crippen LogP contribution in [-0.2, 0) is 22.5 Å². The SMILES string of the molecule is Cc1c(C(=O)O[C@H](C)C(=O)NC2CCCCC2)sc2nc3n(c(=O)c12)CCC3. The lowest BCUT2D eigenvalue weighted by Gasteiger charge is -2.24. The first kappa shape index (κ1) is 19.1. The molecule has 1 saturated carbocycles. The van der Waals surface area contributed by atoms with E-state index in [0.717, 1.165) is 44.3 Å². The minimum atomic E-state index is -0.877. The van der Waals surface area contributed by atoms with Gasteiger partial charge in [-0.05, 0) is 38.7 Å². The van der Waals surface area contributed by atoms with Crippen LogP contribution in [-0.4, -0.2) is 33.6 Å². The summed E-state index contributed by atoms with van der Waals surface area (Å²) in [7, 11) is 0. The fourth-order valence-electron chi connectivity index (χ4n) is 4.10. The van der Waals surface area contributed by atoms with Crippen molar-refractivity contribution in [3.63, 3.8) is 0 Å². The number of carbonyl (C=O) groups excluding carboxylic acids is 2. The van der Waals surface area contributed by atoms with E-state index in [4.69, 9.17) is 4.74 Å². The summed E-state index contributed by atoms with van der Waals surface area (Å²) in [5.41, 5.74) is 0.498. The fourth-order valence-corrected chi connectivity index (χ4v) is 5.18. The summed E-state index contributed by atoms with van der Waals surface area (Å²) in [5.74, 6) is -0.0635. The Kier molecular flexibility index (Phi) is 5.23. The summed E-state index contributed by atoms with van der Waals surface area (Å²) in [6, 6.07) is 0.167. The molecule has 150 valence electrons. The number of fused-ring (bicyclic) bond motifs is 2. The second-order valence-electron chi connectivity index (χ2n) is 7.72. The van der Waals surface area contributed by atoms with Gasteiger partial charge in [0.15, 0.2) is 6.10 Å². The molecule has 2 aromatic rings. The standard InChI is InChI=1S/C20H25N3O4S/c1-11-15-18(22-14-9-6-10-23(14)19(15)25)28-16(11)20(26)27-12(2)17(24)21-13-7-4-3-5-8-13/h12-13H,3-10H2,1-2H3,(H,21,24)/t12-/m1/s1. The van der Waals surface area contributed by atoms with Crippen molar-refractivity contribution < 1.29 is 14.3 Å². The molecule has 2 aromatic heterocycles. The van der Waals surface area contributed by atoms with Crippen molar-refractivity contribution >= 4 is 33.4 Å². The van der Waals surface area contributed by atoms with Crippen LogP contribution >= 0.6 is 11.3 Å². The van der Waals surface area contributed by atoms with Crippen LogP contribution in [0.15, 0.2) is 4.79 Å². The molecule has 0 aromatic carbocycles. The van der Waals surface area contributed by atoms with Crippen LogP contribution in [0.5, 0.6) is 0 Å². The van der Waals surface area contributed by atoms with Crippen LogP contribution in [0.25, 0.3) is 10.2 Å². The predicted molar refractivity (Wildman–Crippen MR) is 107 cm³/mol. The first-order chi connectivity index (χ1) is 13.5. The van der Waals surface area contributed by atoms with Gasteiger partial charge in [0.1, 0.15) is 15.5 Å². The Morgan fingerprint density at radius 3 is 2.75 bits per heavy atom. The zero-order chi connectivity index (χ0) is 19.8. The molecule has 2 aliphatic rings. The van der Waals surface area contributed by atoms with Gasteiger partial charge in [-0.3, -0.25) is 14.2 Å². The minimum Gasteiger partial charge on any atom is -0.448 e. The molecular weight excluding hydrogens is 378 g/mol. The molecule has 8 heteroatoms. The zero-order valence-electron chi connectivity index (χ0n) is 16.2. The number of rotatable bonds is 4. The van der Waals surface area contributed by atoms with Crippen molar-refractivity contribution in [3.8, 4) is 0 Å². The minimum absolute atomic E-state index is 0.0895. The van der Waals surface area contributed by atoms with E-state index in [-0.39, 0.29) is 17.5 Å². The normalized spacial score (nSPS) is 18.1. The number of nitrogens with one attached hydrogen (secondary N) is 1. The Bertz CT molecular complexity index is 987. The summed E-state index contributed by atoms with van der Waals surface area (Å²) >= 11 is 1.17. The molecule has 1 atom stereocenters. The first-order valence-corrected chi connectivity index (χ1v) is 10.8. The molecule has 0 spiro atoms. The maximum atomic E-state index is 12.7. The number of ether oxygens (including phenoxy) is 1. The zero-order valence-corrected chi connectivity index (χ0v) is 17.1. The van der Waals surface area contributed by atoms with E-state index in [2.05, 4.69) is 10.3 Å². The highest BCUT2D eigenvalue weighted by Crippen LogP contribution is 2.29. The highest BCUT2D eigenvalue weighted by atomic mass is 32.1. The van der Waals surface area contributed by atoms with Gasteiger partial charge in [0, 0.05) is 19.0 Å². The van der Waals surface area contributed by atoms with Crippen LogP contribution in [0.3, 0.4) is 0 Å². The summed E-state index contributed by atoms with van der Waals surface area (Å²) in [4.78, 5) is 43.3. The second kappa shape index (κ2) is 7.66. The maximum Gasteiger partial charge on any atom is 0.349 e. The quantitative estimate of drug-likeness (QED) is 0.793. The topological polar surface area (TPSA) is 90.3 Å². The number of hydrogen-bond donors (Lipinski definition) is 1. The molecule has 0 radical (unpaired) electrons. The molecular formula is C20H25N3O4S. The third-order valence-corrected chi connectivity index (χ3v) is 6.87. The number of aromatic nitrogens is 2. The lowest BCUT2D eigenvalue weighted by molar-refractivity contribution is -0.130. The van der Waals surface area contributed by atoms with E-state index in [1.54, 1.807) is 18.4 Å². The highest BCUT2D eigenvalue weighted by molar-refractivity contribution is 7.20. The molecule has 1 aliphatic heterocycles. The molecule has 3 heterocycles. The summed E-state index contributed by atoms with van der Waals surface area (Å²) < 4.78 is 7.11. The first-order valence-electron chi connectivity index (χ1n) is 10.00. The van der Waals surface area contributed by atoms with Crippen molar-refractivity contribution in [1.29, 1.82) is 0 Å². The third kappa shape index (κ3) is 3.45. The van der Waals surface area contributed by atoms with Crippen molar-refractivity contribution in [2.75, 3.05) is 0 Å². The number of thiophene rings is 1. The molecule has 1 N–H and O–H groups in total. The Balaban J connectivity index is 1.51. The Labute approximate surface area is 167 Å². The van der Waals surface area contributed by atoms with Crippen LogP contribution in [0.4, 0.5) is 0 Å². The Hall–Kier alpha value is -2.22. The van der Waals surface area contributed by atoms with E-state index in [1.165, 1.54) is 17.8 Å². The number of carbonyl (C=O) groups is 2. The number of esters is 1. The highest BCUT2D eigenvalue weighted by Gasteiger charge is 2.27. The lowest BCUT2D eigenvalue weighted by atomic mass is 9.95. The summed E-state index contributed by atoms with van der Waals surface area (Å²) in [5, 5.41) is 3.47. The third-order valence-electron chi connectivity index (χ3n) is 5.70. The van der Waals surface area contributed by atoms with E-state index < -0.39 is 12.1 Å². The van der Waals surface area contributed by atoms with Crippen molar-refractivity contribution in [2.45, 2.75) is 77.5 Å². The van der Waals surface area contributed by atoms with E-state index in [1.807, 2.05) is 0 Å². The summed E-state index contributed by atoms with van der Waals surface area (Å²) in [6.45, 7) is 4.00. The molecule has 0 bridgehead atoms.